The predicted molar refractivity (Wildman–Crippen MR) is 113 cm³/mol. The summed E-state index contributed by atoms with van der Waals surface area (Å²) >= 11 is 6.32. The Labute approximate surface area is 164 Å². The fourth-order valence-electron chi connectivity index (χ4n) is 3.24. The molecule has 3 aromatic carbocycles. The van der Waals surface area contributed by atoms with E-state index in [-0.39, 0.29) is 5.91 Å². The number of benzene rings is 3. The van der Waals surface area contributed by atoms with Crippen LogP contribution in [-0.4, -0.2) is 15.4 Å². The summed E-state index contributed by atoms with van der Waals surface area (Å²) in [6.45, 7) is 0. The molecule has 0 bridgehead atoms. The number of thiocarbonyl (C=S) groups is 1. The van der Waals surface area contributed by atoms with Gasteiger partial charge in [-0.15, -0.1) is 0 Å². The first kappa shape index (κ1) is 16.2. The second-order valence-electron chi connectivity index (χ2n) is 6.17. The third kappa shape index (κ3) is 2.83. The first-order valence-electron chi connectivity index (χ1n) is 8.31. The molecule has 0 unspecified atom stereocenters. The van der Waals surface area contributed by atoms with Crippen molar-refractivity contribution in [3.63, 3.8) is 0 Å². The number of amides is 1. The Balaban J connectivity index is 1.67. The lowest BCUT2D eigenvalue weighted by Gasteiger charge is -2.04. The van der Waals surface area contributed by atoms with E-state index >= 15 is 0 Å². The molecule has 0 spiro atoms. The number of hydrogen-bond donors (Lipinski definition) is 1. The largest absolute Gasteiger partial charge is 0.355 e. The highest BCUT2D eigenvalue weighted by molar-refractivity contribution is 8.26. The summed E-state index contributed by atoms with van der Waals surface area (Å²) in [5, 5.41) is 10.00. The fraction of sp³-hybridized carbons (Fsp3) is 0. The molecule has 4 nitrogen and oxygen atoms in total. The van der Waals surface area contributed by atoms with Crippen LogP contribution in [0, 0.1) is 0 Å². The molecule has 1 amide bonds. The molecule has 27 heavy (non-hydrogen) atoms. The van der Waals surface area contributed by atoms with E-state index in [0.29, 0.717) is 9.23 Å². The molecule has 1 N–H and O–H groups in total. The zero-order valence-electron chi connectivity index (χ0n) is 13.9. The molecule has 0 saturated carbocycles. The molecule has 6 heteroatoms. The van der Waals surface area contributed by atoms with Crippen LogP contribution in [0.25, 0.3) is 39.1 Å². The third-order valence-electron chi connectivity index (χ3n) is 4.47. The molecule has 0 atom stereocenters. The Bertz CT molecular complexity index is 1270. The zero-order chi connectivity index (χ0) is 18.4. The molecule has 1 fully saturated rings. The van der Waals surface area contributed by atoms with Crippen LogP contribution in [0.1, 0.15) is 5.56 Å². The molecule has 0 radical (unpaired) electrons. The first-order valence-corrected chi connectivity index (χ1v) is 9.54. The van der Waals surface area contributed by atoms with Crippen LogP contribution in [0.3, 0.4) is 0 Å². The summed E-state index contributed by atoms with van der Waals surface area (Å²) in [6.07, 6.45) is 1.83. The second kappa shape index (κ2) is 6.33. The van der Waals surface area contributed by atoms with Gasteiger partial charge in [-0.1, -0.05) is 77.7 Å². The molecule has 4 aromatic rings. The third-order valence-corrected chi connectivity index (χ3v) is 5.64. The molecular weight excluding hydrogens is 376 g/mol. The summed E-state index contributed by atoms with van der Waals surface area (Å²) < 4.78 is 6.18. The highest BCUT2D eigenvalue weighted by atomic mass is 32.2. The molecular formula is C21H12N2O2S2. The number of carbonyl (C=O) groups excluding carboxylic acids is 1. The van der Waals surface area contributed by atoms with E-state index < -0.39 is 0 Å². The van der Waals surface area contributed by atoms with Crippen molar-refractivity contribution < 1.29 is 9.32 Å². The van der Waals surface area contributed by atoms with Crippen molar-refractivity contribution in [2.75, 3.05) is 0 Å². The van der Waals surface area contributed by atoms with Crippen LogP contribution >= 0.6 is 24.0 Å². The first-order chi connectivity index (χ1) is 13.2. The van der Waals surface area contributed by atoms with Gasteiger partial charge in [0.25, 0.3) is 5.91 Å². The minimum Gasteiger partial charge on any atom is -0.355 e. The van der Waals surface area contributed by atoms with Crippen LogP contribution in [0.5, 0.6) is 0 Å². The van der Waals surface area contributed by atoms with Crippen molar-refractivity contribution in [3.05, 3.63) is 71.1 Å². The van der Waals surface area contributed by atoms with Gasteiger partial charge < -0.3 is 9.84 Å². The van der Waals surface area contributed by atoms with Crippen LogP contribution in [0.2, 0.25) is 0 Å². The quantitative estimate of drug-likeness (QED) is 0.381. The van der Waals surface area contributed by atoms with E-state index in [9.17, 15) is 4.79 Å². The van der Waals surface area contributed by atoms with E-state index in [0.717, 1.165) is 38.6 Å². The summed E-state index contributed by atoms with van der Waals surface area (Å²) in [5.74, 6) is 0.561. The van der Waals surface area contributed by atoms with Crippen molar-refractivity contribution in [2.45, 2.75) is 0 Å². The van der Waals surface area contributed by atoms with E-state index in [1.807, 2.05) is 48.5 Å². The van der Waals surface area contributed by atoms with Gasteiger partial charge in [0, 0.05) is 5.56 Å². The molecule has 1 aliphatic rings. The van der Waals surface area contributed by atoms with Crippen LogP contribution in [0.4, 0.5) is 0 Å². The average Bonchev–Trinajstić information content (AvgIpc) is 3.23. The van der Waals surface area contributed by atoms with Crippen LogP contribution < -0.4 is 5.32 Å². The van der Waals surface area contributed by atoms with Crippen molar-refractivity contribution in [1.82, 2.24) is 10.5 Å². The molecule has 2 heterocycles. The molecule has 1 saturated heterocycles. The number of thioether (sulfide) groups is 1. The SMILES string of the molecule is O=C1NC(=S)S/C1=C/c1ccc2noc(-c3cccc4ccccc34)c2c1. The van der Waals surface area contributed by atoms with Crippen molar-refractivity contribution in [2.24, 2.45) is 0 Å². The molecule has 0 aliphatic carbocycles. The lowest BCUT2D eigenvalue weighted by molar-refractivity contribution is -0.115. The zero-order valence-corrected chi connectivity index (χ0v) is 15.6. The van der Waals surface area contributed by atoms with E-state index in [1.165, 1.54) is 11.8 Å². The van der Waals surface area contributed by atoms with Gasteiger partial charge in [-0.3, -0.25) is 4.79 Å². The van der Waals surface area contributed by atoms with Crippen molar-refractivity contribution >= 4 is 62.0 Å². The average molecular weight is 388 g/mol. The van der Waals surface area contributed by atoms with Gasteiger partial charge in [-0.05, 0) is 34.5 Å². The number of nitrogens with one attached hydrogen (secondary N) is 1. The predicted octanol–water partition coefficient (Wildman–Crippen LogP) is 5.14. The van der Waals surface area contributed by atoms with Crippen molar-refractivity contribution in [1.29, 1.82) is 0 Å². The Kier molecular flexibility index (Phi) is 3.81. The van der Waals surface area contributed by atoms with E-state index in [4.69, 9.17) is 16.7 Å². The number of rotatable bonds is 2. The van der Waals surface area contributed by atoms with Gasteiger partial charge in [0.05, 0.1) is 10.3 Å². The maximum Gasteiger partial charge on any atom is 0.263 e. The number of fused-ring (bicyclic) bond motifs is 2. The van der Waals surface area contributed by atoms with Crippen molar-refractivity contribution in [3.8, 4) is 11.3 Å². The summed E-state index contributed by atoms with van der Waals surface area (Å²) in [5.41, 5.74) is 2.67. The summed E-state index contributed by atoms with van der Waals surface area (Å²) in [7, 11) is 0. The Morgan fingerprint density at radius 3 is 2.74 bits per heavy atom. The normalized spacial score (nSPS) is 15.8. The van der Waals surface area contributed by atoms with Crippen LogP contribution in [-0.2, 0) is 4.79 Å². The Morgan fingerprint density at radius 1 is 1.04 bits per heavy atom. The molecule has 1 aromatic heterocycles. The Morgan fingerprint density at radius 2 is 1.89 bits per heavy atom. The molecule has 5 rings (SSSR count). The minimum absolute atomic E-state index is 0.162. The maximum atomic E-state index is 11.9. The standard InChI is InChI=1S/C21H12N2O2S2/c24-20-18(27-21(26)22-20)11-12-8-9-17-16(10-12)19(25-23-17)15-7-3-5-13-4-1-2-6-14(13)15/h1-11H,(H,22,24,26)/b18-11+. The number of carbonyl (C=O) groups is 1. The lowest BCUT2D eigenvalue weighted by Crippen LogP contribution is -2.17. The monoisotopic (exact) mass is 388 g/mol. The van der Waals surface area contributed by atoms with E-state index in [1.54, 1.807) is 0 Å². The van der Waals surface area contributed by atoms with Crippen LogP contribution in [0.15, 0.2) is 70.1 Å². The topological polar surface area (TPSA) is 55.1 Å². The fourth-order valence-corrected chi connectivity index (χ4v) is 4.28. The smallest absolute Gasteiger partial charge is 0.263 e. The highest BCUT2D eigenvalue weighted by Gasteiger charge is 2.22. The molecule has 1 aliphatic heterocycles. The number of hydrogen-bond acceptors (Lipinski definition) is 5. The van der Waals surface area contributed by atoms with Gasteiger partial charge in [-0.2, -0.15) is 0 Å². The Hall–Kier alpha value is -2.96. The van der Waals surface area contributed by atoms with Gasteiger partial charge >= 0.3 is 0 Å². The van der Waals surface area contributed by atoms with Gasteiger partial charge in [0.2, 0.25) is 0 Å². The lowest BCUT2D eigenvalue weighted by atomic mass is 10.00. The second-order valence-corrected chi connectivity index (χ2v) is 7.89. The number of nitrogens with zero attached hydrogens (tertiary/aromatic N) is 1. The number of aromatic nitrogens is 1. The summed E-state index contributed by atoms with van der Waals surface area (Å²) in [6, 6.07) is 20.1. The minimum atomic E-state index is -0.162. The van der Waals surface area contributed by atoms with Gasteiger partial charge in [-0.25, -0.2) is 0 Å². The maximum absolute atomic E-state index is 11.9. The summed E-state index contributed by atoms with van der Waals surface area (Å²) in [4.78, 5) is 12.5. The van der Waals surface area contributed by atoms with Gasteiger partial charge in [0.15, 0.2) is 5.76 Å². The molecule has 130 valence electrons. The highest BCUT2D eigenvalue weighted by Crippen LogP contribution is 2.35. The van der Waals surface area contributed by atoms with E-state index in [2.05, 4.69) is 28.7 Å². The van der Waals surface area contributed by atoms with Gasteiger partial charge in [0.1, 0.15) is 9.84 Å².